The molecule has 1 atom stereocenters. The number of nitrogens with two attached hydrogens (primary N) is 1. The van der Waals surface area contributed by atoms with Gasteiger partial charge in [-0.2, -0.15) is 8.78 Å². The van der Waals surface area contributed by atoms with Gasteiger partial charge in [0.2, 0.25) is 0 Å². The molecule has 0 spiro atoms. The highest BCUT2D eigenvalue weighted by atomic mass is 35.5. The summed E-state index contributed by atoms with van der Waals surface area (Å²) in [5.74, 6) is 0.610. The highest BCUT2D eigenvalue weighted by Gasteiger charge is 2.27. The SMILES string of the molecule is Cl.N[C@@H](c1ccccc1OC(F)F)C1CCC1. The van der Waals surface area contributed by atoms with E-state index in [1.165, 1.54) is 6.42 Å². The maximum Gasteiger partial charge on any atom is 0.387 e. The molecule has 0 aromatic heterocycles. The third-order valence-electron chi connectivity index (χ3n) is 3.15. The Morgan fingerprint density at radius 1 is 1.24 bits per heavy atom. The van der Waals surface area contributed by atoms with Crippen LogP contribution in [-0.2, 0) is 0 Å². The average Bonchev–Trinajstić information content (AvgIpc) is 2.14. The van der Waals surface area contributed by atoms with Crippen molar-refractivity contribution in [3.8, 4) is 5.75 Å². The first-order valence-corrected chi connectivity index (χ1v) is 5.48. The number of halogens is 3. The van der Waals surface area contributed by atoms with Crippen LogP contribution in [0.25, 0.3) is 0 Å². The van der Waals surface area contributed by atoms with Crippen molar-refractivity contribution in [2.45, 2.75) is 31.9 Å². The molecule has 17 heavy (non-hydrogen) atoms. The van der Waals surface area contributed by atoms with Crippen molar-refractivity contribution in [2.75, 3.05) is 0 Å². The number of ether oxygens (including phenoxy) is 1. The monoisotopic (exact) mass is 263 g/mol. The Kier molecular flexibility index (Phi) is 5.15. The summed E-state index contributed by atoms with van der Waals surface area (Å²) < 4.78 is 28.9. The van der Waals surface area contributed by atoms with Crippen LogP contribution in [0, 0.1) is 5.92 Å². The first-order chi connectivity index (χ1) is 7.68. The van der Waals surface area contributed by atoms with Gasteiger partial charge in [0.15, 0.2) is 0 Å². The molecule has 0 radical (unpaired) electrons. The lowest BCUT2D eigenvalue weighted by atomic mass is 9.77. The van der Waals surface area contributed by atoms with Gasteiger partial charge in [0, 0.05) is 11.6 Å². The standard InChI is InChI=1S/C12H15F2NO.ClH/c13-12(14)16-10-7-2-1-6-9(10)11(15)8-4-3-5-8;/h1-2,6-8,11-12H,3-5,15H2;1H/t11-;/m1./s1. The van der Waals surface area contributed by atoms with Gasteiger partial charge >= 0.3 is 6.61 Å². The van der Waals surface area contributed by atoms with Crippen LogP contribution in [0.15, 0.2) is 24.3 Å². The lowest BCUT2D eigenvalue weighted by Gasteiger charge is -2.32. The lowest BCUT2D eigenvalue weighted by molar-refractivity contribution is -0.0508. The second-order valence-corrected chi connectivity index (χ2v) is 4.13. The Labute approximate surface area is 106 Å². The Morgan fingerprint density at radius 3 is 2.41 bits per heavy atom. The van der Waals surface area contributed by atoms with Gasteiger partial charge in [-0.15, -0.1) is 12.4 Å². The second-order valence-electron chi connectivity index (χ2n) is 4.13. The van der Waals surface area contributed by atoms with Crippen molar-refractivity contribution in [1.29, 1.82) is 0 Å². The van der Waals surface area contributed by atoms with Crippen molar-refractivity contribution in [1.82, 2.24) is 0 Å². The van der Waals surface area contributed by atoms with E-state index in [-0.39, 0.29) is 24.2 Å². The van der Waals surface area contributed by atoms with Crippen molar-refractivity contribution >= 4 is 12.4 Å². The molecule has 0 bridgehead atoms. The highest BCUT2D eigenvalue weighted by molar-refractivity contribution is 5.85. The van der Waals surface area contributed by atoms with Crippen molar-refractivity contribution in [2.24, 2.45) is 11.7 Å². The van der Waals surface area contributed by atoms with Crippen LogP contribution < -0.4 is 10.5 Å². The van der Waals surface area contributed by atoms with Crippen molar-refractivity contribution < 1.29 is 13.5 Å². The van der Waals surface area contributed by atoms with E-state index in [1.807, 2.05) is 0 Å². The zero-order chi connectivity index (χ0) is 11.5. The molecular weight excluding hydrogens is 248 g/mol. The third kappa shape index (κ3) is 3.30. The molecule has 2 nitrogen and oxygen atoms in total. The topological polar surface area (TPSA) is 35.2 Å². The molecule has 0 saturated heterocycles. The van der Waals surface area contributed by atoms with Crippen LogP contribution in [0.3, 0.4) is 0 Å². The third-order valence-corrected chi connectivity index (χ3v) is 3.15. The van der Waals surface area contributed by atoms with Crippen LogP contribution in [0.1, 0.15) is 30.9 Å². The van der Waals surface area contributed by atoms with E-state index in [0.717, 1.165) is 12.8 Å². The fraction of sp³-hybridized carbons (Fsp3) is 0.500. The number of rotatable bonds is 4. The molecule has 0 aliphatic heterocycles. The maximum absolute atomic E-state index is 12.2. The second kappa shape index (κ2) is 6.17. The van der Waals surface area contributed by atoms with Crippen LogP contribution in [0.5, 0.6) is 5.75 Å². The summed E-state index contributed by atoms with van der Waals surface area (Å²) in [6, 6.07) is 6.59. The molecule has 0 unspecified atom stereocenters. The summed E-state index contributed by atoms with van der Waals surface area (Å²) in [5.41, 5.74) is 6.74. The number of para-hydroxylation sites is 1. The van der Waals surface area contributed by atoms with Gasteiger partial charge in [-0.1, -0.05) is 24.6 Å². The van der Waals surface area contributed by atoms with Gasteiger partial charge in [-0.25, -0.2) is 0 Å². The fourth-order valence-corrected chi connectivity index (χ4v) is 2.01. The number of alkyl halides is 2. The minimum atomic E-state index is -2.80. The number of hydrogen-bond acceptors (Lipinski definition) is 2. The van der Waals surface area contributed by atoms with E-state index in [1.54, 1.807) is 24.3 Å². The molecule has 1 aromatic carbocycles. The van der Waals surface area contributed by atoms with E-state index in [9.17, 15) is 8.78 Å². The van der Waals surface area contributed by atoms with E-state index in [4.69, 9.17) is 5.73 Å². The van der Waals surface area contributed by atoms with Crippen LogP contribution in [0.2, 0.25) is 0 Å². The molecule has 1 fully saturated rings. The van der Waals surface area contributed by atoms with Gasteiger partial charge in [-0.05, 0) is 24.8 Å². The van der Waals surface area contributed by atoms with Gasteiger partial charge in [-0.3, -0.25) is 0 Å². The lowest BCUT2D eigenvalue weighted by Crippen LogP contribution is -2.27. The smallest absolute Gasteiger partial charge is 0.387 e. The van der Waals surface area contributed by atoms with E-state index < -0.39 is 6.61 Å². The molecule has 0 heterocycles. The zero-order valence-electron chi connectivity index (χ0n) is 9.31. The minimum Gasteiger partial charge on any atom is -0.434 e. The molecule has 1 aliphatic carbocycles. The van der Waals surface area contributed by atoms with E-state index in [0.29, 0.717) is 11.5 Å². The van der Waals surface area contributed by atoms with Crippen LogP contribution in [0.4, 0.5) is 8.78 Å². The molecule has 1 saturated carbocycles. The number of hydrogen-bond donors (Lipinski definition) is 1. The Balaban J connectivity index is 0.00000144. The Bertz CT molecular complexity index is 358. The normalized spacial score (nSPS) is 17.2. The molecule has 5 heteroatoms. The first kappa shape index (κ1) is 14.2. The summed E-state index contributed by atoms with van der Waals surface area (Å²) in [6.45, 7) is -2.80. The fourth-order valence-electron chi connectivity index (χ4n) is 2.01. The summed E-state index contributed by atoms with van der Waals surface area (Å²) in [7, 11) is 0. The molecule has 96 valence electrons. The largest absolute Gasteiger partial charge is 0.434 e. The molecular formula is C12H16ClF2NO. The number of benzene rings is 1. The molecule has 1 aromatic rings. The Hall–Kier alpha value is -0.870. The predicted octanol–water partition coefficient (Wildman–Crippen LogP) is 3.51. The van der Waals surface area contributed by atoms with Crippen molar-refractivity contribution in [3.05, 3.63) is 29.8 Å². The van der Waals surface area contributed by atoms with Crippen molar-refractivity contribution in [3.63, 3.8) is 0 Å². The zero-order valence-corrected chi connectivity index (χ0v) is 10.1. The predicted molar refractivity (Wildman–Crippen MR) is 64.6 cm³/mol. The van der Waals surface area contributed by atoms with Crippen LogP contribution in [-0.4, -0.2) is 6.61 Å². The minimum absolute atomic E-state index is 0. The summed E-state index contributed by atoms with van der Waals surface area (Å²) in [6.07, 6.45) is 3.32. The Morgan fingerprint density at radius 2 is 1.88 bits per heavy atom. The first-order valence-electron chi connectivity index (χ1n) is 5.48. The molecule has 0 amide bonds. The summed E-state index contributed by atoms with van der Waals surface area (Å²) in [4.78, 5) is 0. The van der Waals surface area contributed by atoms with Gasteiger partial charge in [0.1, 0.15) is 5.75 Å². The molecule has 2 rings (SSSR count). The average molecular weight is 264 g/mol. The molecule has 1 aliphatic rings. The van der Waals surface area contributed by atoms with Gasteiger partial charge in [0.05, 0.1) is 0 Å². The summed E-state index contributed by atoms with van der Waals surface area (Å²) >= 11 is 0. The van der Waals surface area contributed by atoms with E-state index in [2.05, 4.69) is 4.74 Å². The van der Waals surface area contributed by atoms with Crippen LogP contribution >= 0.6 is 12.4 Å². The molecule has 2 N–H and O–H groups in total. The van der Waals surface area contributed by atoms with Gasteiger partial charge in [0.25, 0.3) is 0 Å². The maximum atomic E-state index is 12.2. The highest BCUT2D eigenvalue weighted by Crippen LogP contribution is 2.39. The quantitative estimate of drug-likeness (QED) is 0.902. The summed E-state index contributed by atoms with van der Waals surface area (Å²) in [5, 5.41) is 0. The van der Waals surface area contributed by atoms with E-state index >= 15 is 0 Å². The van der Waals surface area contributed by atoms with Gasteiger partial charge < -0.3 is 10.5 Å².